The molecular weight excluding hydrogens is 437 g/mol. The number of hydrogen-bond acceptors (Lipinski definition) is 7. The van der Waals surface area contributed by atoms with Gasteiger partial charge < -0.3 is 14.4 Å². The van der Waals surface area contributed by atoms with E-state index in [1.54, 1.807) is 26.3 Å². The molecule has 1 aromatic carbocycles. The third kappa shape index (κ3) is 6.18. The first-order chi connectivity index (χ1) is 14.7. The zero-order valence-corrected chi connectivity index (χ0v) is 19.6. The first-order valence-corrected chi connectivity index (χ1v) is 11.2. The van der Waals surface area contributed by atoms with Crippen LogP contribution < -0.4 is 4.74 Å². The molecule has 0 fully saturated rings. The smallest absolute Gasteiger partial charge is 0.410 e. The number of methoxy groups -OCH3 is 1. The molecule has 31 heavy (non-hydrogen) atoms. The van der Waals surface area contributed by atoms with Gasteiger partial charge in [0.05, 0.1) is 23.4 Å². The molecule has 3 aromatic rings. The van der Waals surface area contributed by atoms with Crippen LogP contribution in [0.5, 0.6) is 5.75 Å². The summed E-state index contributed by atoms with van der Waals surface area (Å²) in [4.78, 5) is 23.1. The summed E-state index contributed by atoms with van der Waals surface area (Å²) in [6.45, 7) is 5.68. The number of ether oxygens (including phenoxy) is 2. The Bertz CT molecular complexity index is 1070. The molecule has 0 aliphatic rings. The lowest BCUT2D eigenvalue weighted by Gasteiger charge is -2.24. The van der Waals surface area contributed by atoms with Crippen molar-refractivity contribution in [3.63, 3.8) is 0 Å². The Morgan fingerprint density at radius 3 is 2.71 bits per heavy atom. The van der Waals surface area contributed by atoms with Crippen molar-refractivity contribution in [2.24, 2.45) is 0 Å². The minimum Gasteiger partial charge on any atom is -0.497 e. The predicted molar refractivity (Wildman–Crippen MR) is 120 cm³/mol. The number of hydrogen-bond donors (Lipinski definition) is 0. The number of rotatable bonds is 6. The van der Waals surface area contributed by atoms with Gasteiger partial charge in [-0.05, 0) is 51.1 Å². The first kappa shape index (κ1) is 23.0. The maximum absolute atomic E-state index is 14.4. The van der Waals surface area contributed by atoms with E-state index in [1.165, 1.54) is 34.2 Å². The lowest BCUT2D eigenvalue weighted by Crippen LogP contribution is -2.33. The molecule has 0 radical (unpaired) electrons. The second-order valence-corrected chi connectivity index (χ2v) is 10.1. The summed E-state index contributed by atoms with van der Waals surface area (Å²) in [5.41, 5.74) is 0.220. The van der Waals surface area contributed by atoms with Crippen molar-refractivity contribution in [1.29, 1.82) is 0 Å². The fourth-order valence-corrected chi connectivity index (χ4v) is 4.99. The quantitative estimate of drug-likeness (QED) is 0.428. The van der Waals surface area contributed by atoms with E-state index in [4.69, 9.17) is 9.47 Å². The minimum atomic E-state index is -0.592. The van der Waals surface area contributed by atoms with Gasteiger partial charge in [0.15, 0.2) is 0 Å². The van der Waals surface area contributed by atoms with Crippen LogP contribution in [-0.4, -0.2) is 40.7 Å². The van der Waals surface area contributed by atoms with Gasteiger partial charge in [-0.1, -0.05) is 17.8 Å². The summed E-state index contributed by atoms with van der Waals surface area (Å²) in [6.07, 6.45) is 0.955. The Hall–Kier alpha value is -2.65. The topological polar surface area (TPSA) is 64.5 Å². The summed E-state index contributed by atoms with van der Waals surface area (Å²) < 4.78 is 25.9. The van der Waals surface area contributed by atoms with Crippen molar-refractivity contribution in [3.05, 3.63) is 53.6 Å². The summed E-state index contributed by atoms with van der Waals surface area (Å²) >= 11 is 2.86. The van der Waals surface area contributed by atoms with Crippen molar-refractivity contribution in [2.75, 3.05) is 14.2 Å². The normalized spacial score (nSPS) is 11.3. The molecule has 6 nitrogen and oxygen atoms in total. The molecule has 0 bridgehead atoms. The van der Waals surface area contributed by atoms with E-state index in [1.807, 2.05) is 45.0 Å². The van der Waals surface area contributed by atoms with Crippen molar-refractivity contribution >= 4 is 29.2 Å². The summed E-state index contributed by atoms with van der Waals surface area (Å²) in [7, 11) is 3.26. The summed E-state index contributed by atoms with van der Waals surface area (Å²) in [5, 5.41) is 0.664. The average Bonchev–Trinajstić information content (AvgIpc) is 3.09. The molecule has 0 spiro atoms. The minimum absolute atomic E-state index is 0.243. The number of halogens is 1. The molecule has 0 aliphatic carbocycles. The van der Waals surface area contributed by atoms with Gasteiger partial charge in [-0.15, -0.1) is 11.3 Å². The molecule has 0 saturated carbocycles. The largest absolute Gasteiger partial charge is 0.497 e. The highest BCUT2D eigenvalue weighted by Gasteiger charge is 2.23. The van der Waals surface area contributed by atoms with Crippen molar-refractivity contribution in [2.45, 2.75) is 42.0 Å². The molecule has 9 heteroatoms. The molecule has 1 amide bonds. The number of aromatic nitrogens is 2. The number of carbonyl (C=O) groups is 1. The van der Waals surface area contributed by atoms with Crippen LogP contribution in [0.25, 0.3) is 11.3 Å². The molecule has 2 aromatic heterocycles. The predicted octanol–water partition coefficient (Wildman–Crippen LogP) is 5.87. The SMILES string of the molecule is COc1cccc(Sc2sc(CN(C)C(=O)OC(C)(C)C)nc2-c2cccnc2F)c1. The standard InChI is InChI=1S/C22H24FN3O3S2/c1-22(2,3)29-21(27)26(4)13-17-25-18(16-10-7-11-24-19(16)23)20(31-17)30-15-9-6-8-14(12-15)28-5/h6-12H,13H2,1-5H3. The van der Waals surface area contributed by atoms with Gasteiger partial charge in [0, 0.05) is 18.1 Å². The van der Waals surface area contributed by atoms with E-state index < -0.39 is 17.6 Å². The molecule has 3 rings (SSSR count). The van der Waals surface area contributed by atoms with Gasteiger partial charge in [-0.25, -0.2) is 14.8 Å². The van der Waals surface area contributed by atoms with Crippen LogP contribution in [0, 0.1) is 5.95 Å². The fourth-order valence-electron chi connectivity index (χ4n) is 2.60. The van der Waals surface area contributed by atoms with Gasteiger partial charge in [0.1, 0.15) is 22.1 Å². The highest BCUT2D eigenvalue weighted by molar-refractivity contribution is 8.01. The summed E-state index contributed by atoms with van der Waals surface area (Å²) in [6, 6.07) is 10.9. The highest BCUT2D eigenvalue weighted by atomic mass is 32.2. The molecule has 2 heterocycles. The second kappa shape index (κ2) is 9.65. The first-order valence-electron chi connectivity index (χ1n) is 9.53. The van der Waals surface area contributed by atoms with Crippen LogP contribution in [0.4, 0.5) is 9.18 Å². The number of pyridine rings is 1. The number of amides is 1. The van der Waals surface area contributed by atoms with Crippen LogP contribution in [0.15, 0.2) is 51.7 Å². The van der Waals surface area contributed by atoms with Crippen LogP contribution in [-0.2, 0) is 11.3 Å². The van der Waals surface area contributed by atoms with Crippen molar-refractivity contribution in [3.8, 4) is 17.0 Å². The maximum atomic E-state index is 14.4. The fraction of sp³-hybridized carbons (Fsp3) is 0.318. The van der Waals surface area contributed by atoms with E-state index in [0.717, 1.165) is 14.9 Å². The number of nitrogens with zero attached hydrogens (tertiary/aromatic N) is 3. The molecule has 0 atom stereocenters. The monoisotopic (exact) mass is 461 g/mol. The zero-order valence-electron chi connectivity index (χ0n) is 18.0. The van der Waals surface area contributed by atoms with E-state index in [9.17, 15) is 9.18 Å². The average molecular weight is 462 g/mol. The number of thiazole rings is 1. The van der Waals surface area contributed by atoms with Crippen molar-refractivity contribution in [1.82, 2.24) is 14.9 Å². The van der Waals surface area contributed by atoms with E-state index in [0.29, 0.717) is 16.3 Å². The molecule has 0 N–H and O–H groups in total. The van der Waals surface area contributed by atoms with Gasteiger partial charge >= 0.3 is 6.09 Å². The van der Waals surface area contributed by atoms with E-state index in [2.05, 4.69) is 9.97 Å². The molecular formula is C22H24FN3O3S2. The number of carbonyl (C=O) groups excluding carboxylic acids is 1. The lowest BCUT2D eigenvalue weighted by atomic mass is 10.2. The second-order valence-electron chi connectivity index (χ2n) is 7.70. The van der Waals surface area contributed by atoms with Crippen LogP contribution >= 0.6 is 23.1 Å². The third-order valence-electron chi connectivity index (χ3n) is 3.98. The molecule has 0 aliphatic heterocycles. The van der Waals surface area contributed by atoms with E-state index in [-0.39, 0.29) is 6.54 Å². The van der Waals surface area contributed by atoms with Crippen LogP contribution in [0.2, 0.25) is 0 Å². The van der Waals surface area contributed by atoms with Crippen LogP contribution in [0.3, 0.4) is 0 Å². The Balaban J connectivity index is 1.92. The number of benzene rings is 1. The zero-order chi connectivity index (χ0) is 22.6. The Labute approximate surface area is 189 Å². The van der Waals surface area contributed by atoms with Gasteiger partial charge in [-0.2, -0.15) is 4.39 Å². The summed E-state index contributed by atoms with van der Waals surface area (Å²) in [5.74, 6) is 0.140. The Kier molecular flexibility index (Phi) is 7.17. The van der Waals surface area contributed by atoms with Gasteiger partial charge in [0.25, 0.3) is 0 Å². The maximum Gasteiger partial charge on any atom is 0.410 e. The highest BCUT2D eigenvalue weighted by Crippen LogP contribution is 2.41. The lowest BCUT2D eigenvalue weighted by molar-refractivity contribution is 0.0285. The van der Waals surface area contributed by atoms with E-state index >= 15 is 0 Å². The Morgan fingerprint density at radius 1 is 1.26 bits per heavy atom. The van der Waals surface area contributed by atoms with Gasteiger partial charge in [0.2, 0.25) is 5.95 Å². The third-order valence-corrected chi connectivity index (χ3v) is 6.19. The van der Waals surface area contributed by atoms with Gasteiger partial charge in [-0.3, -0.25) is 0 Å². The molecule has 164 valence electrons. The Morgan fingerprint density at radius 2 is 2.03 bits per heavy atom. The molecule has 0 saturated heterocycles. The van der Waals surface area contributed by atoms with Crippen molar-refractivity contribution < 1.29 is 18.7 Å². The molecule has 0 unspecified atom stereocenters. The van der Waals surface area contributed by atoms with Crippen LogP contribution in [0.1, 0.15) is 25.8 Å².